The van der Waals surface area contributed by atoms with Crippen LogP contribution in [0.25, 0.3) is 10.9 Å². The number of non-ortho nitro benzene ring substituents is 1. The van der Waals surface area contributed by atoms with Gasteiger partial charge >= 0.3 is 0 Å². The second-order valence-corrected chi connectivity index (χ2v) is 8.42. The number of nitrogens with zero attached hydrogens (tertiary/aromatic N) is 2. The van der Waals surface area contributed by atoms with Gasteiger partial charge in [-0.1, -0.05) is 36.4 Å². The van der Waals surface area contributed by atoms with Gasteiger partial charge in [0.15, 0.2) is 5.78 Å². The Balaban J connectivity index is 1.47. The quantitative estimate of drug-likeness (QED) is 0.337. The molecule has 7 heteroatoms. The number of carbonyl (C=O) groups is 2. The summed E-state index contributed by atoms with van der Waals surface area (Å²) in [6.07, 6.45) is 0.372. The number of nitro groups is 1. The molecule has 0 saturated heterocycles. The molecule has 0 saturated carbocycles. The molecule has 3 aromatic carbocycles. The molecule has 0 amide bonds. The van der Waals surface area contributed by atoms with Crippen molar-refractivity contribution in [3.63, 3.8) is 0 Å². The summed E-state index contributed by atoms with van der Waals surface area (Å²) in [6.45, 7) is 0. The third-order valence-corrected chi connectivity index (χ3v) is 6.63. The lowest BCUT2D eigenvalue weighted by Crippen LogP contribution is -2.44. The lowest BCUT2D eigenvalue weighted by molar-refractivity contribution is -0.384. The molecule has 33 heavy (non-hydrogen) atoms. The molecular weight excluding hydrogens is 420 g/mol. The van der Waals surface area contributed by atoms with Gasteiger partial charge in [0.05, 0.1) is 21.9 Å². The highest BCUT2D eigenvalue weighted by Gasteiger charge is 2.43. The Bertz CT molecular complexity index is 1470. The van der Waals surface area contributed by atoms with E-state index in [4.69, 9.17) is 4.74 Å². The van der Waals surface area contributed by atoms with Crippen LogP contribution in [0.3, 0.4) is 0 Å². The molecule has 0 unspecified atom stereocenters. The first-order valence-electron chi connectivity index (χ1n) is 10.7. The fourth-order valence-corrected chi connectivity index (χ4v) is 5.10. The van der Waals surface area contributed by atoms with Gasteiger partial charge in [-0.15, -0.1) is 0 Å². The van der Waals surface area contributed by atoms with Crippen molar-refractivity contribution in [3.05, 3.63) is 105 Å². The van der Waals surface area contributed by atoms with Crippen molar-refractivity contribution < 1.29 is 19.2 Å². The van der Waals surface area contributed by atoms with E-state index >= 15 is 0 Å². The lowest BCUT2D eigenvalue weighted by Gasteiger charge is -2.36. The minimum absolute atomic E-state index is 0.121. The molecule has 0 fully saturated rings. The Morgan fingerprint density at radius 1 is 1.00 bits per heavy atom. The summed E-state index contributed by atoms with van der Waals surface area (Å²) in [5.74, 6) is -0.378. The molecule has 4 aromatic rings. The summed E-state index contributed by atoms with van der Waals surface area (Å²) >= 11 is 0. The van der Waals surface area contributed by atoms with Crippen LogP contribution >= 0.6 is 0 Å². The van der Waals surface area contributed by atoms with E-state index in [-0.39, 0.29) is 22.9 Å². The number of carbonyl (C=O) groups excluding carboxylic acids is 2. The van der Waals surface area contributed by atoms with E-state index in [9.17, 15) is 19.7 Å². The van der Waals surface area contributed by atoms with Gasteiger partial charge in [0, 0.05) is 35.2 Å². The van der Waals surface area contributed by atoms with E-state index in [2.05, 4.69) is 0 Å². The Morgan fingerprint density at radius 3 is 2.55 bits per heavy atom. The largest absolute Gasteiger partial charge is 0.488 e. The summed E-state index contributed by atoms with van der Waals surface area (Å²) in [7, 11) is 0. The van der Waals surface area contributed by atoms with Crippen LogP contribution in [0.5, 0.6) is 5.75 Å². The number of hydrogen-bond donors (Lipinski definition) is 0. The van der Waals surface area contributed by atoms with Gasteiger partial charge in [-0.2, -0.15) is 0 Å². The number of para-hydroxylation sites is 1. The van der Waals surface area contributed by atoms with E-state index < -0.39 is 16.9 Å². The monoisotopic (exact) mass is 438 g/mol. The zero-order valence-corrected chi connectivity index (χ0v) is 17.4. The summed E-state index contributed by atoms with van der Waals surface area (Å²) in [6, 6.07) is 20.9. The predicted molar refractivity (Wildman–Crippen MR) is 121 cm³/mol. The van der Waals surface area contributed by atoms with Crippen LogP contribution in [0.4, 0.5) is 5.69 Å². The van der Waals surface area contributed by atoms with Gasteiger partial charge < -0.3 is 4.74 Å². The van der Waals surface area contributed by atoms with Crippen LogP contribution in [0, 0.1) is 16.0 Å². The van der Waals surface area contributed by atoms with Crippen LogP contribution in [0.15, 0.2) is 72.8 Å². The maximum atomic E-state index is 13.5. The highest BCUT2D eigenvalue weighted by atomic mass is 16.6. The number of hydrogen-bond acceptors (Lipinski definition) is 5. The van der Waals surface area contributed by atoms with E-state index in [1.807, 2.05) is 42.5 Å². The molecule has 1 aliphatic carbocycles. The second kappa shape index (κ2) is 7.13. The lowest BCUT2D eigenvalue weighted by atomic mass is 9.78. The number of ether oxygens (including phenoxy) is 1. The van der Waals surface area contributed by atoms with Crippen molar-refractivity contribution in [2.75, 3.05) is 0 Å². The Kier molecular flexibility index (Phi) is 4.20. The first-order valence-corrected chi connectivity index (χ1v) is 10.7. The number of nitro benzene ring substituents is 1. The molecule has 1 aromatic heterocycles. The highest BCUT2D eigenvalue weighted by molar-refractivity contribution is 6.06. The second-order valence-electron chi connectivity index (χ2n) is 8.42. The van der Waals surface area contributed by atoms with Crippen molar-refractivity contribution in [1.29, 1.82) is 0 Å². The SMILES string of the molecule is O=C1c2cc([N+](=O)[O-])ccc2O[C@@H]2Cc3c(c4ccccc4n3C(=O)c3ccccc3)C[C@@H]12. The van der Waals surface area contributed by atoms with E-state index in [1.165, 1.54) is 18.2 Å². The van der Waals surface area contributed by atoms with Gasteiger partial charge in [-0.05, 0) is 36.2 Å². The van der Waals surface area contributed by atoms with Crippen LogP contribution < -0.4 is 4.74 Å². The molecule has 0 spiro atoms. The standard InChI is InChI=1S/C26H18N2O5/c29-25-19-12-16(28(31)32)10-11-23(19)33-24-14-22-18(13-20(24)25)17-8-4-5-9-21(17)27(22)26(30)15-6-2-1-3-7-15/h1-12,20,24H,13-14H2/t20-,24-/m1/s1. The average Bonchev–Trinajstić information content (AvgIpc) is 3.16. The number of fused-ring (bicyclic) bond motifs is 5. The number of aromatic nitrogens is 1. The minimum atomic E-state index is -0.512. The predicted octanol–water partition coefficient (Wildman–Crippen LogP) is 4.60. The number of benzene rings is 3. The molecule has 0 radical (unpaired) electrons. The van der Waals surface area contributed by atoms with Crippen molar-refractivity contribution in [2.45, 2.75) is 18.9 Å². The van der Waals surface area contributed by atoms with Crippen molar-refractivity contribution in [3.8, 4) is 5.75 Å². The maximum absolute atomic E-state index is 13.5. The van der Waals surface area contributed by atoms with E-state index in [1.54, 1.807) is 16.7 Å². The third-order valence-electron chi connectivity index (χ3n) is 6.63. The molecule has 0 bridgehead atoms. The minimum Gasteiger partial charge on any atom is -0.488 e. The molecule has 2 heterocycles. The Morgan fingerprint density at radius 2 is 1.76 bits per heavy atom. The molecule has 1 aliphatic heterocycles. The molecule has 162 valence electrons. The van der Waals surface area contributed by atoms with Crippen LogP contribution in [0.1, 0.15) is 32.0 Å². The van der Waals surface area contributed by atoms with Crippen LogP contribution in [-0.2, 0) is 12.8 Å². The first kappa shape index (κ1) is 19.4. The normalized spacial score (nSPS) is 18.7. The van der Waals surface area contributed by atoms with Crippen molar-refractivity contribution >= 4 is 28.3 Å². The number of ketones is 1. The Hall–Kier alpha value is -4.26. The fraction of sp³-hybridized carbons (Fsp3) is 0.154. The van der Waals surface area contributed by atoms with Gasteiger partial charge in [0.2, 0.25) is 0 Å². The van der Waals surface area contributed by atoms with Crippen molar-refractivity contribution in [1.82, 2.24) is 4.57 Å². The van der Waals surface area contributed by atoms with Gasteiger partial charge in [-0.3, -0.25) is 24.3 Å². The van der Waals surface area contributed by atoms with Gasteiger partial charge in [0.25, 0.3) is 11.6 Å². The molecule has 6 rings (SSSR count). The van der Waals surface area contributed by atoms with E-state index in [0.29, 0.717) is 24.2 Å². The Labute approximate surface area is 188 Å². The molecule has 7 nitrogen and oxygen atoms in total. The summed E-state index contributed by atoms with van der Waals surface area (Å²) in [5.41, 5.74) is 3.31. The van der Waals surface area contributed by atoms with Gasteiger partial charge in [0.1, 0.15) is 11.9 Å². The number of Topliss-reactive ketones (excluding diaryl/α,β-unsaturated/α-hetero) is 1. The topological polar surface area (TPSA) is 91.4 Å². The zero-order valence-electron chi connectivity index (χ0n) is 17.4. The molecular formula is C26H18N2O5. The molecule has 0 N–H and O–H groups in total. The van der Waals surface area contributed by atoms with Crippen LogP contribution in [0.2, 0.25) is 0 Å². The first-order chi connectivity index (χ1) is 16.0. The summed E-state index contributed by atoms with van der Waals surface area (Å²) < 4.78 is 7.91. The third kappa shape index (κ3) is 2.89. The molecule has 2 atom stereocenters. The summed E-state index contributed by atoms with van der Waals surface area (Å²) in [5, 5.41) is 12.1. The van der Waals surface area contributed by atoms with Crippen molar-refractivity contribution in [2.24, 2.45) is 5.92 Å². The van der Waals surface area contributed by atoms with E-state index in [0.717, 1.165) is 22.2 Å². The van der Waals surface area contributed by atoms with Crippen LogP contribution in [-0.4, -0.2) is 27.3 Å². The highest BCUT2D eigenvalue weighted by Crippen LogP contribution is 2.42. The fourth-order valence-electron chi connectivity index (χ4n) is 5.10. The maximum Gasteiger partial charge on any atom is 0.270 e. The zero-order chi connectivity index (χ0) is 22.7. The summed E-state index contributed by atoms with van der Waals surface area (Å²) in [4.78, 5) is 37.5. The van der Waals surface area contributed by atoms with Gasteiger partial charge in [-0.25, -0.2) is 0 Å². The smallest absolute Gasteiger partial charge is 0.270 e. The molecule has 2 aliphatic rings. The average molecular weight is 438 g/mol. The number of rotatable bonds is 2.